The molecule has 0 spiro atoms. The molecule has 1 aliphatic carbocycles. The number of amides is 1. The Kier molecular flexibility index (Phi) is 6.21. The van der Waals surface area contributed by atoms with Gasteiger partial charge in [-0.15, -0.1) is 0 Å². The highest BCUT2D eigenvalue weighted by Crippen LogP contribution is 2.59. The number of aliphatic hydroxyl groups excluding tert-OH is 1. The van der Waals surface area contributed by atoms with Gasteiger partial charge in [-0.2, -0.15) is 13.2 Å². The minimum absolute atomic E-state index is 0.0636. The molecule has 166 valence electrons. The normalized spacial score (nSPS) is 25.9. The lowest BCUT2D eigenvalue weighted by molar-refractivity contribution is -0.212. The topological polar surface area (TPSA) is 94.0 Å². The van der Waals surface area contributed by atoms with Crippen molar-refractivity contribution in [2.45, 2.75) is 49.9 Å². The Balaban J connectivity index is 1.77. The van der Waals surface area contributed by atoms with Gasteiger partial charge in [-0.3, -0.25) is 4.99 Å². The van der Waals surface area contributed by atoms with Gasteiger partial charge in [0, 0.05) is 12.5 Å². The molecule has 6 nitrogen and oxygen atoms in total. The SMILES string of the molecule is O=C(O)N[C@@H]1CC[C@@H](c2cccc(F)c2F)CN/C1=N\CC(O)C1(C(F)(F)F)CC1. The fourth-order valence-electron chi connectivity index (χ4n) is 3.81. The number of carbonyl (C=O) groups is 1. The summed E-state index contributed by atoms with van der Waals surface area (Å²) in [6.07, 6.45) is -7.59. The first-order valence-electron chi connectivity index (χ1n) is 9.51. The molecule has 3 atom stereocenters. The van der Waals surface area contributed by atoms with Crippen LogP contribution in [-0.2, 0) is 0 Å². The Morgan fingerprint density at radius 2 is 2.00 bits per heavy atom. The van der Waals surface area contributed by atoms with E-state index in [1.807, 2.05) is 0 Å². The summed E-state index contributed by atoms with van der Waals surface area (Å²) in [5, 5.41) is 24.2. The number of benzene rings is 1. The van der Waals surface area contributed by atoms with Crippen LogP contribution in [0.4, 0.5) is 26.7 Å². The Labute approximate surface area is 169 Å². The van der Waals surface area contributed by atoms with Crippen LogP contribution in [0.5, 0.6) is 0 Å². The molecule has 1 saturated carbocycles. The molecule has 11 heteroatoms. The minimum atomic E-state index is -4.55. The number of carboxylic acid groups (broad SMARTS) is 1. The smallest absolute Gasteiger partial charge is 0.405 e. The molecule has 1 aromatic carbocycles. The number of nitrogens with one attached hydrogen (secondary N) is 2. The van der Waals surface area contributed by atoms with Crippen LogP contribution in [0.3, 0.4) is 0 Å². The van der Waals surface area contributed by atoms with Crippen LogP contribution >= 0.6 is 0 Å². The Hall–Kier alpha value is -2.43. The molecule has 1 saturated heterocycles. The summed E-state index contributed by atoms with van der Waals surface area (Å²) < 4.78 is 67.2. The number of rotatable bonds is 5. The first-order chi connectivity index (χ1) is 14.0. The summed E-state index contributed by atoms with van der Waals surface area (Å²) in [4.78, 5) is 15.1. The molecule has 1 aromatic rings. The van der Waals surface area contributed by atoms with Crippen LogP contribution in [0.2, 0.25) is 0 Å². The molecule has 0 bridgehead atoms. The molecule has 1 aliphatic heterocycles. The number of nitrogens with zero attached hydrogens (tertiary/aromatic N) is 1. The monoisotopic (exact) mass is 435 g/mol. The fourth-order valence-corrected chi connectivity index (χ4v) is 3.81. The fraction of sp³-hybridized carbons (Fsp3) is 0.579. The van der Waals surface area contributed by atoms with Gasteiger partial charge in [0.25, 0.3) is 0 Å². The number of hydrogen-bond donors (Lipinski definition) is 4. The number of aliphatic imine (C=N–C) groups is 1. The Morgan fingerprint density at radius 3 is 2.60 bits per heavy atom. The van der Waals surface area contributed by atoms with Crippen molar-refractivity contribution in [1.82, 2.24) is 10.6 Å². The third kappa shape index (κ3) is 4.50. The second kappa shape index (κ2) is 8.37. The molecule has 1 heterocycles. The van der Waals surface area contributed by atoms with Crippen LogP contribution in [0.25, 0.3) is 0 Å². The first-order valence-corrected chi connectivity index (χ1v) is 9.51. The molecular weight excluding hydrogens is 413 g/mol. The highest BCUT2D eigenvalue weighted by Gasteiger charge is 2.67. The van der Waals surface area contributed by atoms with Crippen LogP contribution in [-0.4, -0.2) is 53.6 Å². The number of hydrogen-bond acceptors (Lipinski definition) is 3. The summed E-state index contributed by atoms with van der Waals surface area (Å²) in [6, 6.07) is 2.90. The average molecular weight is 435 g/mol. The van der Waals surface area contributed by atoms with E-state index in [9.17, 15) is 31.9 Å². The Morgan fingerprint density at radius 1 is 1.30 bits per heavy atom. The largest absolute Gasteiger partial charge is 0.465 e. The summed E-state index contributed by atoms with van der Waals surface area (Å²) in [7, 11) is 0. The maximum atomic E-state index is 14.1. The van der Waals surface area contributed by atoms with E-state index in [0.717, 1.165) is 6.07 Å². The Bertz CT molecular complexity index is 826. The second-order valence-electron chi connectivity index (χ2n) is 7.70. The predicted molar refractivity (Wildman–Crippen MR) is 97.3 cm³/mol. The second-order valence-corrected chi connectivity index (χ2v) is 7.70. The van der Waals surface area contributed by atoms with Gasteiger partial charge in [-0.1, -0.05) is 12.1 Å². The van der Waals surface area contributed by atoms with E-state index in [0.29, 0.717) is 0 Å². The maximum Gasteiger partial charge on any atom is 0.405 e. The summed E-state index contributed by atoms with van der Waals surface area (Å²) >= 11 is 0. The molecule has 3 rings (SSSR count). The van der Waals surface area contributed by atoms with Gasteiger partial charge in [-0.05, 0) is 37.3 Å². The van der Waals surface area contributed by atoms with Gasteiger partial charge >= 0.3 is 12.3 Å². The van der Waals surface area contributed by atoms with Gasteiger partial charge in [0.1, 0.15) is 5.84 Å². The molecule has 0 aromatic heterocycles. The third-order valence-corrected chi connectivity index (χ3v) is 5.81. The lowest BCUT2D eigenvalue weighted by Crippen LogP contribution is -2.46. The van der Waals surface area contributed by atoms with Gasteiger partial charge < -0.3 is 20.8 Å². The summed E-state index contributed by atoms with van der Waals surface area (Å²) in [5.41, 5.74) is -2.06. The number of halogens is 5. The van der Waals surface area contributed by atoms with Crippen molar-refractivity contribution in [1.29, 1.82) is 0 Å². The van der Waals surface area contributed by atoms with Crippen molar-refractivity contribution in [2.75, 3.05) is 13.1 Å². The van der Waals surface area contributed by atoms with Crippen LogP contribution in [0.1, 0.15) is 37.2 Å². The molecule has 30 heavy (non-hydrogen) atoms. The average Bonchev–Trinajstić information content (AvgIpc) is 3.48. The van der Waals surface area contributed by atoms with Gasteiger partial charge in [0.2, 0.25) is 0 Å². The number of aliphatic hydroxyl groups is 1. The van der Waals surface area contributed by atoms with Crippen molar-refractivity contribution >= 4 is 11.9 Å². The quantitative estimate of drug-likeness (QED) is 0.535. The zero-order chi connectivity index (χ0) is 22.1. The minimum Gasteiger partial charge on any atom is -0.465 e. The van der Waals surface area contributed by atoms with Gasteiger partial charge in [0.15, 0.2) is 11.6 Å². The molecule has 2 fully saturated rings. The van der Waals surface area contributed by atoms with E-state index >= 15 is 0 Å². The highest BCUT2D eigenvalue weighted by atomic mass is 19.4. The zero-order valence-electron chi connectivity index (χ0n) is 15.8. The summed E-state index contributed by atoms with van der Waals surface area (Å²) in [5.74, 6) is -2.44. The van der Waals surface area contributed by atoms with Crippen molar-refractivity contribution < 1.29 is 37.0 Å². The van der Waals surface area contributed by atoms with E-state index in [-0.39, 0.29) is 43.6 Å². The molecule has 1 unspecified atom stereocenters. The number of alkyl halides is 3. The maximum absolute atomic E-state index is 14.1. The van der Waals surface area contributed by atoms with Gasteiger partial charge in [0.05, 0.1) is 24.1 Å². The van der Waals surface area contributed by atoms with Crippen molar-refractivity contribution in [2.24, 2.45) is 10.4 Å². The highest BCUT2D eigenvalue weighted by molar-refractivity contribution is 5.90. The van der Waals surface area contributed by atoms with E-state index in [2.05, 4.69) is 15.6 Å². The van der Waals surface area contributed by atoms with E-state index < -0.39 is 53.9 Å². The molecule has 0 radical (unpaired) electrons. The van der Waals surface area contributed by atoms with E-state index in [4.69, 9.17) is 5.11 Å². The number of amidine groups is 1. The van der Waals surface area contributed by atoms with Crippen molar-refractivity contribution in [3.05, 3.63) is 35.4 Å². The summed E-state index contributed by atoms with van der Waals surface area (Å²) in [6.45, 7) is -0.476. The zero-order valence-corrected chi connectivity index (χ0v) is 15.8. The van der Waals surface area contributed by atoms with E-state index in [1.54, 1.807) is 0 Å². The molecule has 2 aliphatic rings. The van der Waals surface area contributed by atoms with E-state index in [1.165, 1.54) is 12.1 Å². The lowest BCUT2D eigenvalue weighted by Gasteiger charge is -2.24. The van der Waals surface area contributed by atoms with Crippen LogP contribution in [0, 0.1) is 17.0 Å². The van der Waals surface area contributed by atoms with Crippen LogP contribution in [0.15, 0.2) is 23.2 Å². The van der Waals surface area contributed by atoms with Gasteiger partial charge in [-0.25, -0.2) is 13.6 Å². The third-order valence-electron chi connectivity index (χ3n) is 5.81. The van der Waals surface area contributed by atoms with Crippen LogP contribution < -0.4 is 10.6 Å². The molecular formula is C19H22F5N3O3. The first kappa shape index (κ1) is 22.3. The van der Waals surface area contributed by atoms with Crippen molar-refractivity contribution in [3.8, 4) is 0 Å². The molecule has 4 N–H and O–H groups in total. The standard InChI is InChI=1S/C19H22F5N3O3/c20-12-3-1-2-11(15(12)21)10-4-5-13(27-17(29)30)16(25-8-10)26-9-14(28)18(6-7-18)19(22,23)24/h1-3,10,13-14,27-28H,4-9H2,(H,25,26)(H,29,30)/t10-,13-,14?/m1/s1. The van der Waals surface area contributed by atoms with Crippen molar-refractivity contribution in [3.63, 3.8) is 0 Å². The predicted octanol–water partition coefficient (Wildman–Crippen LogP) is 3.17. The lowest BCUT2D eigenvalue weighted by atomic mass is 9.93. The molecule has 1 amide bonds.